The molecule has 4 heteroatoms. The van der Waals surface area contributed by atoms with Gasteiger partial charge < -0.3 is 0 Å². The van der Waals surface area contributed by atoms with Crippen molar-refractivity contribution in [3.8, 4) is 0 Å². The van der Waals surface area contributed by atoms with Crippen LogP contribution in [-0.2, 0) is 9.47 Å². The van der Waals surface area contributed by atoms with Gasteiger partial charge in [-0.3, -0.25) is 0 Å². The molecule has 2 heterocycles. The Morgan fingerprint density at radius 1 is 1.67 bits per heavy atom. The molecule has 0 amide bonds. The van der Waals surface area contributed by atoms with Crippen molar-refractivity contribution in [2.45, 2.75) is 13.3 Å². The van der Waals surface area contributed by atoms with E-state index in [1.807, 2.05) is 0 Å². The van der Waals surface area contributed by atoms with E-state index < -0.39 is 0 Å². The molecule has 1 fully saturated rings. The third kappa shape index (κ3) is 3.68. The molecule has 15 heavy (non-hydrogen) atoms. The van der Waals surface area contributed by atoms with E-state index in [1.165, 1.54) is 5.57 Å². The van der Waals surface area contributed by atoms with Crippen LogP contribution in [0.3, 0.4) is 0 Å². The van der Waals surface area contributed by atoms with Crippen LogP contribution in [-0.4, -0.2) is 24.4 Å². The third-order valence-corrected chi connectivity index (χ3v) is 4.67. The van der Waals surface area contributed by atoms with Gasteiger partial charge in [0, 0.05) is 0 Å². The SMILES string of the molecule is CC1=C[I-]CNC(OCC2CCOC2)=C1. The second-order valence-corrected chi connectivity index (χ2v) is 6.13. The van der Waals surface area contributed by atoms with Gasteiger partial charge in [-0.05, 0) is 0 Å². The van der Waals surface area contributed by atoms with Crippen LogP contribution < -0.4 is 26.5 Å². The summed E-state index contributed by atoms with van der Waals surface area (Å²) in [4.78, 5) is 0. The summed E-state index contributed by atoms with van der Waals surface area (Å²) in [6.45, 7) is 4.67. The van der Waals surface area contributed by atoms with Crippen LogP contribution in [0.4, 0.5) is 0 Å². The standard InChI is InChI=1S/C11H17INO2/c1-9-4-11(13-8-12-5-9)15-7-10-2-3-14-6-10/h4-5,10,13H,2-3,6-8H2,1H3/q-1. The first-order valence-electron chi connectivity index (χ1n) is 5.25. The quantitative estimate of drug-likeness (QED) is 0.387. The molecular weight excluding hydrogens is 305 g/mol. The first kappa shape index (κ1) is 11.3. The summed E-state index contributed by atoms with van der Waals surface area (Å²) in [6, 6.07) is 0. The van der Waals surface area contributed by atoms with Gasteiger partial charge in [-0.2, -0.15) is 0 Å². The summed E-state index contributed by atoms with van der Waals surface area (Å²) in [5, 5.41) is 3.33. The number of rotatable bonds is 3. The monoisotopic (exact) mass is 322 g/mol. The Morgan fingerprint density at radius 2 is 2.60 bits per heavy atom. The first-order chi connectivity index (χ1) is 7.34. The van der Waals surface area contributed by atoms with E-state index in [1.54, 1.807) is 0 Å². The number of halogens is 1. The van der Waals surface area contributed by atoms with E-state index in [0.717, 1.165) is 36.7 Å². The van der Waals surface area contributed by atoms with E-state index in [4.69, 9.17) is 9.47 Å². The molecule has 1 unspecified atom stereocenters. The fourth-order valence-corrected chi connectivity index (χ4v) is 3.26. The molecule has 0 aromatic carbocycles. The van der Waals surface area contributed by atoms with Gasteiger partial charge in [0.2, 0.25) is 0 Å². The van der Waals surface area contributed by atoms with Gasteiger partial charge in [-0.15, -0.1) is 0 Å². The second-order valence-electron chi connectivity index (χ2n) is 3.87. The molecule has 0 bridgehead atoms. The Labute approximate surface area is 101 Å². The normalized spacial score (nSPS) is 26.9. The molecule has 3 nitrogen and oxygen atoms in total. The molecular formula is C11H17INO2-. The summed E-state index contributed by atoms with van der Waals surface area (Å²) in [5.74, 6) is 1.52. The third-order valence-electron chi connectivity index (χ3n) is 2.42. The summed E-state index contributed by atoms with van der Waals surface area (Å²) in [6.07, 6.45) is 3.23. The summed E-state index contributed by atoms with van der Waals surface area (Å²) in [7, 11) is 0. The van der Waals surface area contributed by atoms with E-state index >= 15 is 0 Å². The van der Waals surface area contributed by atoms with Crippen LogP contribution in [0.1, 0.15) is 13.3 Å². The molecule has 0 saturated carbocycles. The minimum absolute atomic E-state index is 0.167. The van der Waals surface area contributed by atoms with Crippen LogP contribution in [0.15, 0.2) is 21.6 Å². The number of nitrogens with one attached hydrogen (secondary N) is 1. The summed E-state index contributed by atoms with van der Waals surface area (Å²) >= 11 is 0.167. The Hall–Kier alpha value is -0.230. The van der Waals surface area contributed by atoms with Gasteiger partial charge in [0.1, 0.15) is 0 Å². The molecule has 1 N–H and O–H groups in total. The van der Waals surface area contributed by atoms with Crippen molar-refractivity contribution in [2.24, 2.45) is 5.92 Å². The summed E-state index contributed by atoms with van der Waals surface area (Å²) < 4.78 is 14.5. The number of hydrogen-bond acceptors (Lipinski definition) is 3. The fraction of sp³-hybridized carbons (Fsp3) is 0.636. The van der Waals surface area contributed by atoms with Crippen LogP contribution >= 0.6 is 0 Å². The van der Waals surface area contributed by atoms with Crippen LogP contribution in [0.5, 0.6) is 0 Å². The molecule has 0 aliphatic carbocycles. The number of alkyl halides is 1. The molecule has 0 aromatic heterocycles. The zero-order valence-electron chi connectivity index (χ0n) is 8.96. The van der Waals surface area contributed by atoms with Crippen LogP contribution in [0.25, 0.3) is 0 Å². The van der Waals surface area contributed by atoms with Crippen molar-refractivity contribution in [2.75, 3.05) is 24.4 Å². The molecule has 86 valence electrons. The molecule has 0 radical (unpaired) electrons. The minimum atomic E-state index is 0.167. The van der Waals surface area contributed by atoms with Gasteiger partial charge in [-0.1, -0.05) is 0 Å². The molecule has 2 rings (SSSR count). The summed E-state index contributed by atoms with van der Waals surface area (Å²) in [5.41, 5.74) is 1.32. The van der Waals surface area contributed by atoms with Gasteiger partial charge in [0.25, 0.3) is 0 Å². The van der Waals surface area contributed by atoms with Crippen LogP contribution in [0.2, 0.25) is 0 Å². The van der Waals surface area contributed by atoms with E-state index in [-0.39, 0.29) is 21.2 Å². The van der Waals surface area contributed by atoms with Crippen molar-refractivity contribution in [1.29, 1.82) is 0 Å². The average molecular weight is 322 g/mol. The van der Waals surface area contributed by atoms with Gasteiger partial charge in [0.15, 0.2) is 0 Å². The predicted molar refractivity (Wildman–Crippen MR) is 54.7 cm³/mol. The first-order valence-corrected chi connectivity index (χ1v) is 8.02. The van der Waals surface area contributed by atoms with E-state index in [2.05, 4.69) is 22.4 Å². The Bertz CT molecular complexity index is 270. The molecule has 1 saturated heterocycles. The van der Waals surface area contributed by atoms with Gasteiger partial charge >= 0.3 is 101 Å². The van der Waals surface area contributed by atoms with Crippen molar-refractivity contribution < 1.29 is 30.7 Å². The van der Waals surface area contributed by atoms with E-state index in [9.17, 15) is 0 Å². The molecule has 0 aromatic rings. The molecule has 1 atom stereocenters. The Balaban J connectivity index is 1.80. The second kappa shape index (κ2) is 5.75. The predicted octanol–water partition coefficient (Wildman–Crippen LogP) is -1.57. The fourth-order valence-electron chi connectivity index (χ4n) is 1.57. The maximum atomic E-state index is 5.76. The number of allylic oxidation sites excluding steroid dienone is 2. The zero-order chi connectivity index (χ0) is 10.5. The van der Waals surface area contributed by atoms with Crippen LogP contribution in [0, 0.1) is 5.92 Å². The Kier molecular flexibility index (Phi) is 4.31. The zero-order valence-corrected chi connectivity index (χ0v) is 11.1. The van der Waals surface area contributed by atoms with Gasteiger partial charge in [0.05, 0.1) is 0 Å². The molecule has 2 aliphatic rings. The van der Waals surface area contributed by atoms with Crippen molar-refractivity contribution >= 4 is 0 Å². The van der Waals surface area contributed by atoms with Crippen molar-refractivity contribution in [3.63, 3.8) is 0 Å². The van der Waals surface area contributed by atoms with E-state index in [0.29, 0.717) is 5.92 Å². The number of ether oxygens (including phenoxy) is 2. The van der Waals surface area contributed by atoms with Gasteiger partial charge in [-0.25, -0.2) is 0 Å². The average Bonchev–Trinajstić information content (AvgIpc) is 2.65. The number of hydrogen-bond donors (Lipinski definition) is 1. The van der Waals surface area contributed by atoms with Crippen molar-refractivity contribution in [3.05, 3.63) is 21.6 Å². The van der Waals surface area contributed by atoms with Crippen molar-refractivity contribution in [1.82, 2.24) is 5.32 Å². The topological polar surface area (TPSA) is 30.5 Å². The Morgan fingerprint density at radius 3 is 3.40 bits per heavy atom. The maximum absolute atomic E-state index is 5.76. The molecule has 2 aliphatic heterocycles. The molecule has 0 spiro atoms.